The highest BCUT2D eigenvalue weighted by Crippen LogP contribution is 2.25. The summed E-state index contributed by atoms with van der Waals surface area (Å²) in [7, 11) is 0. The Morgan fingerprint density at radius 2 is 1.81 bits per heavy atom. The molecule has 2 aromatic rings. The molecule has 4 nitrogen and oxygen atoms in total. The summed E-state index contributed by atoms with van der Waals surface area (Å²) >= 11 is 12.1. The number of hydrogen-bond donors (Lipinski definition) is 1. The summed E-state index contributed by atoms with van der Waals surface area (Å²) < 4.78 is 0. The number of rotatable bonds is 5. The number of hydrogen-bond acceptors (Lipinski definition) is 2. The van der Waals surface area contributed by atoms with Gasteiger partial charge in [-0.2, -0.15) is 0 Å². The molecule has 0 unspecified atom stereocenters. The summed E-state index contributed by atoms with van der Waals surface area (Å²) in [5.41, 5.74) is 1.65. The molecule has 1 saturated heterocycles. The van der Waals surface area contributed by atoms with E-state index in [-0.39, 0.29) is 11.8 Å². The zero-order valence-electron chi connectivity index (χ0n) is 14.0. The molecule has 0 aromatic heterocycles. The van der Waals surface area contributed by atoms with E-state index in [9.17, 15) is 9.59 Å². The summed E-state index contributed by atoms with van der Waals surface area (Å²) in [5, 5.41) is 3.68. The second kappa shape index (κ2) is 8.39. The van der Waals surface area contributed by atoms with Crippen molar-refractivity contribution in [2.24, 2.45) is 0 Å². The standard InChI is InChI=1S/C20H18Cl2N2O2/c21-16-7-4-8-17(22)15(16)9-10-19(25)23-18-11-12-24(20(18)26)13-14-5-2-1-3-6-14/h1-10,18H,11-13H2,(H,23,25)/b10-9+/t18-/m0/s1. The quantitative estimate of drug-likeness (QED) is 0.788. The van der Waals surface area contributed by atoms with Gasteiger partial charge in [0.05, 0.1) is 0 Å². The minimum absolute atomic E-state index is 0.0635. The lowest BCUT2D eigenvalue weighted by Crippen LogP contribution is -2.40. The lowest BCUT2D eigenvalue weighted by atomic mass is 10.2. The van der Waals surface area contributed by atoms with Gasteiger partial charge in [-0.3, -0.25) is 9.59 Å². The number of carbonyl (C=O) groups excluding carboxylic acids is 2. The lowest BCUT2D eigenvalue weighted by Gasteiger charge is -2.17. The van der Waals surface area contributed by atoms with Crippen molar-refractivity contribution in [3.05, 3.63) is 75.8 Å². The van der Waals surface area contributed by atoms with Crippen LogP contribution in [0.1, 0.15) is 17.5 Å². The number of amides is 2. The van der Waals surface area contributed by atoms with Crippen molar-refractivity contribution < 1.29 is 9.59 Å². The molecular weight excluding hydrogens is 371 g/mol. The lowest BCUT2D eigenvalue weighted by molar-refractivity contribution is -0.132. The van der Waals surface area contributed by atoms with E-state index in [2.05, 4.69) is 5.32 Å². The van der Waals surface area contributed by atoms with Crippen LogP contribution in [0.25, 0.3) is 6.08 Å². The van der Waals surface area contributed by atoms with Crippen molar-refractivity contribution in [3.63, 3.8) is 0 Å². The second-order valence-electron chi connectivity index (χ2n) is 6.06. The van der Waals surface area contributed by atoms with Crippen molar-refractivity contribution in [1.82, 2.24) is 10.2 Å². The molecule has 26 heavy (non-hydrogen) atoms. The normalized spacial score (nSPS) is 17.1. The Hall–Kier alpha value is -2.30. The van der Waals surface area contributed by atoms with Gasteiger partial charge in [-0.1, -0.05) is 59.6 Å². The Balaban J connectivity index is 1.58. The summed E-state index contributed by atoms with van der Waals surface area (Å²) in [6.07, 6.45) is 3.50. The fraction of sp³-hybridized carbons (Fsp3) is 0.200. The molecular formula is C20H18Cl2N2O2. The third-order valence-electron chi connectivity index (χ3n) is 4.23. The first-order valence-corrected chi connectivity index (χ1v) is 9.05. The molecule has 6 heteroatoms. The monoisotopic (exact) mass is 388 g/mol. The number of likely N-dealkylation sites (tertiary alicyclic amines) is 1. The van der Waals surface area contributed by atoms with Gasteiger partial charge < -0.3 is 10.2 Å². The minimum atomic E-state index is -0.502. The molecule has 2 aromatic carbocycles. The number of carbonyl (C=O) groups is 2. The van der Waals surface area contributed by atoms with E-state index in [1.807, 2.05) is 30.3 Å². The van der Waals surface area contributed by atoms with Crippen LogP contribution in [-0.2, 0) is 16.1 Å². The van der Waals surface area contributed by atoms with E-state index in [1.165, 1.54) is 6.08 Å². The van der Waals surface area contributed by atoms with Gasteiger partial charge >= 0.3 is 0 Å². The third kappa shape index (κ3) is 4.45. The van der Waals surface area contributed by atoms with Crippen LogP contribution in [0.3, 0.4) is 0 Å². The van der Waals surface area contributed by atoms with E-state index in [0.29, 0.717) is 35.1 Å². The summed E-state index contributed by atoms with van der Waals surface area (Å²) in [5.74, 6) is -0.410. The molecule has 0 saturated carbocycles. The Morgan fingerprint density at radius 3 is 2.50 bits per heavy atom. The highest BCUT2D eigenvalue weighted by molar-refractivity contribution is 6.37. The smallest absolute Gasteiger partial charge is 0.245 e. The third-order valence-corrected chi connectivity index (χ3v) is 4.89. The Kier molecular flexibility index (Phi) is 5.96. The number of halogens is 2. The molecule has 0 spiro atoms. The average molecular weight is 389 g/mol. The Bertz CT molecular complexity index is 817. The van der Waals surface area contributed by atoms with E-state index < -0.39 is 6.04 Å². The molecule has 134 valence electrons. The first kappa shape index (κ1) is 18.5. The van der Waals surface area contributed by atoms with Gasteiger partial charge in [0.15, 0.2) is 0 Å². The highest BCUT2D eigenvalue weighted by atomic mass is 35.5. The molecule has 1 heterocycles. The summed E-state index contributed by atoms with van der Waals surface area (Å²) in [4.78, 5) is 26.4. The van der Waals surface area contributed by atoms with Gasteiger partial charge in [0.2, 0.25) is 11.8 Å². The number of nitrogens with one attached hydrogen (secondary N) is 1. The van der Waals surface area contributed by atoms with Crippen LogP contribution in [0.5, 0.6) is 0 Å². The van der Waals surface area contributed by atoms with Crippen molar-refractivity contribution in [1.29, 1.82) is 0 Å². The first-order chi connectivity index (χ1) is 12.5. The fourth-order valence-electron chi connectivity index (χ4n) is 2.88. The van der Waals surface area contributed by atoms with E-state index in [4.69, 9.17) is 23.2 Å². The summed E-state index contributed by atoms with van der Waals surface area (Å²) in [6.45, 7) is 1.18. The van der Waals surface area contributed by atoms with Crippen molar-refractivity contribution >= 4 is 41.1 Å². The largest absolute Gasteiger partial charge is 0.341 e. The predicted molar refractivity (Wildman–Crippen MR) is 104 cm³/mol. The Morgan fingerprint density at radius 1 is 1.12 bits per heavy atom. The number of benzene rings is 2. The van der Waals surface area contributed by atoms with Gasteiger partial charge in [0.25, 0.3) is 0 Å². The zero-order chi connectivity index (χ0) is 18.5. The van der Waals surface area contributed by atoms with Crippen molar-refractivity contribution in [2.45, 2.75) is 19.0 Å². The van der Waals surface area contributed by atoms with Crippen molar-refractivity contribution in [3.8, 4) is 0 Å². The molecule has 1 aliphatic rings. The molecule has 2 amide bonds. The topological polar surface area (TPSA) is 49.4 Å². The Labute approximate surface area is 162 Å². The van der Waals surface area contributed by atoms with Crippen LogP contribution in [0, 0.1) is 0 Å². The molecule has 1 aliphatic heterocycles. The van der Waals surface area contributed by atoms with Crippen LogP contribution in [0.4, 0.5) is 0 Å². The fourth-order valence-corrected chi connectivity index (χ4v) is 3.41. The van der Waals surface area contributed by atoms with E-state index >= 15 is 0 Å². The van der Waals surface area contributed by atoms with Crippen LogP contribution < -0.4 is 5.32 Å². The van der Waals surface area contributed by atoms with Crippen LogP contribution >= 0.6 is 23.2 Å². The average Bonchev–Trinajstić information content (AvgIpc) is 2.95. The SMILES string of the molecule is O=C(/C=C/c1c(Cl)cccc1Cl)N[C@H]1CCN(Cc2ccccc2)C1=O. The molecule has 1 fully saturated rings. The van der Waals surface area contributed by atoms with Gasteiger partial charge in [0.1, 0.15) is 6.04 Å². The van der Waals surface area contributed by atoms with E-state index in [1.54, 1.807) is 29.2 Å². The number of nitrogens with zero attached hydrogens (tertiary/aromatic N) is 1. The van der Waals surface area contributed by atoms with Gasteiger partial charge in [-0.15, -0.1) is 0 Å². The van der Waals surface area contributed by atoms with Crippen LogP contribution in [-0.4, -0.2) is 29.3 Å². The van der Waals surface area contributed by atoms with E-state index in [0.717, 1.165) is 5.56 Å². The van der Waals surface area contributed by atoms with Crippen molar-refractivity contribution in [2.75, 3.05) is 6.54 Å². The van der Waals surface area contributed by atoms with Crippen LogP contribution in [0.15, 0.2) is 54.6 Å². The maximum atomic E-state index is 12.5. The minimum Gasteiger partial charge on any atom is -0.341 e. The van der Waals surface area contributed by atoms with Gasteiger partial charge in [-0.25, -0.2) is 0 Å². The van der Waals surface area contributed by atoms with Gasteiger partial charge in [-0.05, 0) is 30.2 Å². The second-order valence-corrected chi connectivity index (χ2v) is 6.88. The maximum Gasteiger partial charge on any atom is 0.245 e. The first-order valence-electron chi connectivity index (χ1n) is 8.30. The molecule has 0 radical (unpaired) electrons. The highest BCUT2D eigenvalue weighted by Gasteiger charge is 2.32. The predicted octanol–water partition coefficient (Wildman–Crippen LogP) is 3.92. The molecule has 0 aliphatic carbocycles. The molecule has 1 N–H and O–H groups in total. The summed E-state index contributed by atoms with van der Waals surface area (Å²) in [6, 6.07) is 14.4. The molecule has 1 atom stereocenters. The van der Waals surface area contributed by atoms with Gasteiger partial charge in [0, 0.05) is 34.8 Å². The molecule has 0 bridgehead atoms. The molecule has 3 rings (SSSR count). The maximum absolute atomic E-state index is 12.5. The van der Waals surface area contributed by atoms with Crippen LogP contribution in [0.2, 0.25) is 10.0 Å². The zero-order valence-corrected chi connectivity index (χ0v) is 15.5.